The summed E-state index contributed by atoms with van der Waals surface area (Å²) >= 11 is 0. The Labute approximate surface area is 74.2 Å². The molecule has 0 bridgehead atoms. The Morgan fingerprint density at radius 2 is 2.00 bits per heavy atom. The van der Waals surface area contributed by atoms with Gasteiger partial charge in [0.15, 0.2) is 0 Å². The molecule has 1 aliphatic heterocycles. The predicted octanol–water partition coefficient (Wildman–Crippen LogP) is 1.97. The molecule has 0 N–H and O–H groups in total. The normalized spacial score (nSPS) is 18.6. The molecule has 0 aliphatic carbocycles. The van der Waals surface area contributed by atoms with Crippen LogP contribution in [0.25, 0.3) is 0 Å². The monoisotopic (exact) mass is 167 g/mol. The van der Waals surface area contributed by atoms with E-state index in [9.17, 15) is 4.79 Å². The molecule has 1 fully saturated rings. The van der Waals surface area contributed by atoms with E-state index in [2.05, 4.69) is 0 Å². The van der Waals surface area contributed by atoms with Gasteiger partial charge in [-0.2, -0.15) is 0 Å². The number of carbonyl (C=O) groups is 1. The van der Waals surface area contributed by atoms with Gasteiger partial charge >= 0.3 is 0 Å². The maximum atomic E-state index is 11.4. The van der Waals surface area contributed by atoms with E-state index in [0.29, 0.717) is 6.42 Å². The van der Waals surface area contributed by atoms with Crippen molar-refractivity contribution < 1.29 is 4.79 Å². The lowest BCUT2D eigenvalue weighted by Crippen LogP contribution is -2.35. The molecule has 0 aromatic rings. The summed E-state index contributed by atoms with van der Waals surface area (Å²) in [4.78, 5) is 13.4. The third-order valence-electron chi connectivity index (χ3n) is 2.24. The Morgan fingerprint density at radius 1 is 1.33 bits per heavy atom. The Morgan fingerprint density at radius 3 is 2.58 bits per heavy atom. The van der Waals surface area contributed by atoms with Crippen LogP contribution in [0.4, 0.5) is 0 Å². The van der Waals surface area contributed by atoms with E-state index >= 15 is 0 Å². The fourth-order valence-corrected chi connectivity index (χ4v) is 1.49. The second-order valence-corrected chi connectivity index (χ2v) is 3.21. The molecule has 0 saturated carbocycles. The van der Waals surface area contributed by atoms with Crippen LogP contribution in [-0.4, -0.2) is 23.9 Å². The molecule has 1 heterocycles. The fraction of sp³-hybridized carbons (Fsp3) is 0.700. The number of likely N-dealkylation sites (tertiary alicyclic amines) is 1. The minimum absolute atomic E-state index is 0.285. The molecule has 0 radical (unpaired) electrons. The first-order valence-corrected chi connectivity index (χ1v) is 4.73. The summed E-state index contributed by atoms with van der Waals surface area (Å²) in [6.45, 7) is 3.89. The summed E-state index contributed by atoms with van der Waals surface area (Å²) in [5.74, 6) is 0.285. The molecule has 0 aromatic carbocycles. The van der Waals surface area contributed by atoms with Crippen LogP contribution in [0.3, 0.4) is 0 Å². The molecule has 0 aromatic heterocycles. The van der Waals surface area contributed by atoms with E-state index in [1.807, 2.05) is 24.0 Å². The molecule has 12 heavy (non-hydrogen) atoms. The van der Waals surface area contributed by atoms with Crippen molar-refractivity contribution in [3.63, 3.8) is 0 Å². The van der Waals surface area contributed by atoms with Crippen LogP contribution in [-0.2, 0) is 4.79 Å². The Balaban J connectivity index is 2.29. The van der Waals surface area contributed by atoms with Crippen LogP contribution < -0.4 is 0 Å². The molecule has 2 heteroatoms. The number of piperidine rings is 1. The van der Waals surface area contributed by atoms with Crippen LogP contribution in [0, 0.1) is 0 Å². The average molecular weight is 167 g/mol. The van der Waals surface area contributed by atoms with Crippen LogP contribution >= 0.6 is 0 Å². The van der Waals surface area contributed by atoms with Gasteiger partial charge in [-0.05, 0) is 26.2 Å². The van der Waals surface area contributed by atoms with Crippen molar-refractivity contribution in [2.45, 2.75) is 32.6 Å². The van der Waals surface area contributed by atoms with Crippen LogP contribution in [0.2, 0.25) is 0 Å². The summed E-state index contributed by atoms with van der Waals surface area (Å²) in [5, 5.41) is 0. The first kappa shape index (κ1) is 9.30. The number of carbonyl (C=O) groups excluding carboxylic acids is 1. The third-order valence-corrected chi connectivity index (χ3v) is 2.24. The smallest absolute Gasteiger partial charge is 0.226 e. The first-order chi connectivity index (χ1) is 5.84. The highest BCUT2D eigenvalue weighted by Gasteiger charge is 2.14. The second-order valence-electron chi connectivity index (χ2n) is 3.21. The minimum atomic E-state index is 0.285. The maximum Gasteiger partial charge on any atom is 0.226 e. The molecule has 0 unspecified atom stereocenters. The van der Waals surface area contributed by atoms with Crippen LogP contribution in [0.15, 0.2) is 12.2 Å². The lowest BCUT2D eigenvalue weighted by molar-refractivity contribution is -0.131. The summed E-state index contributed by atoms with van der Waals surface area (Å²) in [5.41, 5.74) is 0. The van der Waals surface area contributed by atoms with E-state index in [4.69, 9.17) is 0 Å². The Bertz CT molecular complexity index is 169. The Hall–Kier alpha value is -0.790. The maximum absolute atomic E-state index is 11.4. The first-order valence-electron chi connectivity index (χ1n) is 4.73. The van der Waals surface area contributed by atoms with Crippen molar-refractivity contribution in [1.82, 2.24) is 4.90 Å². The molecule has 0 atom stereocenters. The number of amides is 1. The van der Waals surface area contributed by atoms with Gasteiger partial charge in [0.2, 0.25) is 5.91 Å². The average Bonchev–Trinajstić information content (AvgIpc) is 2.15. The number of nitrogens with zero attached hydrogens (tertiary/aromatic N) is 1. The second kappa shape index (κ2) is 4.96. The van der Waals surface area contributed by atoms with E-state index in [-0.39, 0.29) is 5.91 Å². The van der Waals surface area contributed by atoms with Crippen LogP contribution in [0.5, 0.6) is 0 Å². The van der Waals surface area contributed by atoms with Gasteiger partial charge in [-0.25, -0.2) is 0 Å². The van der Waals surface area contributed by atoms with Crippen LogP contribution in [0.1, 0.15) is 32.6 Å². The van der Waals surface area contributed by atoms with Crippen molar-refractivity contribution in [1.29, 1.82) is 0 Å². The number of allylic oxidation sites excluding steroid dienone is 1. The highest BCUT2D eigenvalue weighted by Crippen LogP contribution is 2.09. The Kier molecular flexibility index (Phi) is 3.85. The largest absolute Gasteiger partial charge is 0.342 e. The molecule has 1 saturated heterocycles. The summed E-state index contributed by atoms with van der Waals surface area (Å²) in [6.07, 6.45) is 8.09. The SMILES string of the molecule is C/C=C/CC(=O)N1CCCCC1. The summed E-state index contributed by atoms with van der Waals surface area (Å²) in [6, 6.07) is 0. The topological polar surface area (TPSA) is 20.3 Å². The van der Waals surface area contributed by atoms with Crippen molar-refractivity contribution in [3.05, 3.63) is 12.2 Å². The number of hydrogen-bond acceptors (Lipinski definition) is 1. The molecular formula is C10H17NO. The van der Waals surface area contributed by atoms with E-state index in [0.717, 1.165) is 13.1 Å². The molecule has 1 rings (SSSR count). The summed E-state index contributed by atoms with van der Waals surface area (Å²) < 4.78 is 0. The third kappa shape index (κ3) is 2.68. The minimum Gasteiger partial charge on any atom is -0.342 e. The quantitative estimate of drug-likeness (QED) is 0.576. The van der Waals surface area contributed by atoms with Gasteiger partial charge in [-0.3, -0.25) is 4.79 Å². The standard InChI is InChI=1S/C10H17NO/c1-2-3-7-10(12)11-8-5-4-6-9-11/h2-3H,4-9H2,1H3/b3-2+. The van der Waals surface area contributed by atoms with E-state index in [1.54, 1.807) is 0 Å². The molecule has 1 amide bonds. The van der Waals surface area contributed by atoms with Gasteiger partial charge in [-0.1, -0.05) is 12.2 Å². The highest BCUT2D eigenvalue weighted by molar-refractivity contribution is 5.77. The highest BCUT2D eigenvalue weighted by atomic mass is 16.2. The van der Waals surface area contributed by atoms with E-state index < -0.39 is 0 Å². The number of hydrogen-bond donors (Lipinski definition) is 0. The lowest BCUT2D eigenvalue weighted by Gasteiger charge is -2.26. The lowest BCUT2D eigenvalue weighted by atomic mass is 10.1. The van der Waals surface area contributed by atoms with Crippen molar-refractivity contribution in [2.75, 3.05) is 13.1 Å². The van der Waals surface area contributed by atoms with Gasteiger partial charge in [0.05, 0.1) is 0 Å². The van der Waals surface area contributed by atoms with E-state index in [1.165, 1.54) is 19.3 Å². The molecule has 0 spiro atoms. The zero-order valence-electron chi connectivity index (χ0n) is 7.75. The zero-order chi connectivity index (χ0) is 8.81. The molecule has 2 nitrogen and oxygen atoms in total. The van der Waals surface area contributed by atoms with Crippen molar-refractivity contribution >= 4 is 5.91 Å². The molecule has 68 valence electrons. The van der Waals surface area contributed by atoms with Crippen molar-refractivity contribution in [2.24, 2.45) is 0 Å². The van der Waals surface area contributed by atoms with Gasteiger partial charge in [0.1, 0.15) is 0 Å². The predicted molar refractivity (Wildman–Crippen MR) is 49.9 cm³/mol. The fourth-order valence-electron chi connectivity index (χ4n) is 1.49. The van der Waals surface area contributed by atoms with Gasteiger partial charge in [0.25, 0.3) is 0 Å². The molecular weight excluding hydrogens is 150 g/mol. The number of rotatable bonds is 2. The van der Waals surface area contributed by atoms with Gasteiger partial charge < -0.3 is 4.90 Å². The summed E-state index contributed by atoms with van der Waals surface area (Å²) in [7, 11) is 0. The van der Waals surface area contributed by atoms with Gasteiger partial charge in [-0.15, -0.1) is 0 Å². The van der Waals surface area contributed by atoms with Gasteiger partial charge in [0, 0.05) is 19.5 Å². The molecule has 1 aliphatic rings. The zero-order valence-corrected chi connectivity index (χ0v) is 7.75. The van der Waals surface area contributed by atoms with Crippen molar-refractivity contribution in [3.8, 4) is 0 Å².